The van der Waals surface area contributed by atoms with Crippen molar-refractivity contribution in [3.8, 4) is 0 Å². The van der Waals surface area contributed by atoms with Crippen molar-refractivity contribution in [3.05, 3.63) is 59.3 Å². The molecule has 0 amide bonds. The Hall–Kier alpha value is -1.96. The molecule has 1 aromatic rings. The van der Waals surface area contributed by atoms with Crippen LogP contribution >= 0.6 is 11.6 Å². The number of benzene rings is 1. The predicted octanol–water partition coefficient (Wildman–Crippen LogP) is 4.72. The molecular formula is C15H9ClF6N2. The lowest BCUT2D eigenvalue weighted by atomic mass is 9.88. The summed E-state index contributed by atoms with van der Waals surface area (Å²) in [7, 11) is 0. The summed E-state index contributed by atoms with van der Waals surface area (Å²) in [5.41, 5.74) is -4.12. The van der Waals surface area contributed by atoms with Crippen molar-refractivity contribution in [2.45, 2.75) is 23.9 Å². The van der Waals surface area contributed by atoms with E-state index in [9.17, 15) is 26.3 Å². The van der Waals surface area contributed by atoms with Crippen LogP contribution in [0.5, 0.6) is 0 Å². The summed E-state index contributed by atoms with van der Waals surface area (Å²) in [4.78, 5) is 4.03. The van der Waals surface area contributed by atoms with E-state index in [0.29, 0.717) is 5.02 Å². The number of halogens is 7. The minimum Gasteiger partial charge on any atom is -0.323 e. The van der Waals surface area contributed by atoms with Gasteiger partial charge in [-0.05, 0) is 30.3 Å². The quantitative estimate of drug-likeness (QED) is 0.657. The average Bonchev–Trinajstić information content (AvgIpc) is 2.84. The van der Waals surface area contributed by atoms with Crippen LogP contribution < -0.4 is 0 Å². The number of hydrogen-bond acceptors (Lipinski definition) is 2. The third-order valence-electron chi connectivity index (χ3n) is 3.87. The van der Waals surface area contributed by atoms with Crippen LogP contribution in [0.4, 0.5) is 26.3 Å². The van der Waals surface area contributed by atoms with Crippen LogP contribution in [0.2, 0.25) is 5.02 Å². The molecule has 9 heteroatoms. The van der Waals surface area contributed by atoms with Gasteiger partial charge >= 0.3 is 12.4 Å². The van der Waals surface area contributed by atoms with Gasteiger partial charge in [-0.25, -0.2) is 4.99 Å². The third kappa shape index (κ3) is 2.31. The van der Waals surface area contributed by atoms with Gasteiger partial charge < -0.3 is 4.90 Å². The van der Waals surface area contributed by atoms with E-state index >= 15 is 0 Å². The van der Waals surface area contributed by atoms with E-state index in [1.807, 2.05) is 0 Å². The average molecular weight is 367 g/mol. The number of aliphatic imine (C=N–C) groups is 1. The fraction of sp³-hybridized carbons (Fsp3) is 0.267. The predicted molar refractivity (Wildman–Crippen MR) is 76.7 cm³/mol. The van der Waals surface area contributed by atoms with Gasteiger partial charge in [0.2, 0.25) is 0 Å². The van der Waals surface area contributed by atoms with Gasteiger partial charge in [0, 0.05) is 16.8 Å². The van der Waals surface area contributed by atoms with Crippen molar-refractivity contribution in [1.29, 1.82) is 0 Å². The van der Waals surface area contributed by atoms with E-state index in [1.54, 1.807) is 0 Å². The molecule has 0 spiro atoms. The molecule has 2 nitrogen and oxygen atoms in total. The number of allylic oxidation sites excluding steroid dienone is 2. The maximum atomic E-state index is 13.5. The van der Waals surface area contributed by atoms with E-state index in [4.69, 9.17) is 11.6 Å². The van der Waals surface area contributed by atoms with Crippen molar-refractivity contribution in [3.63, 3.8) is 0 Å². The van der Waals surface area contributed by atoms with Gasteiger partial charge in [0.25, 0.3) is 5.54 Å². The molecule has 128 valence electrons. The van der Waals surface area contributed by atoms with E-state index in [1.165, 1.54) is 30.3 Å². The first-order valence-corrected chi connectivity index (χ1v) is 7.08. The second kappa shape index (κ2) is 5.27. The maximum Gasteiger partial charge on any atom is 0.425 e. The number of hydrogen-bond donors (Lipinski definition) is 0. The van der Waals surface area contributed by atoms with Crippen LogP contribution in [0.15, 0.2) is 53.7 Å². The lowest BCUT2D eigenvalue weighted by molar-refractivity contribution is -0.299. The van der Waals surface area contributed by atoms with Gasteiger partial charge in [0.05, 0.1) is 6.04 Å². The molecule has 0 aromatic heterocycles. The summed E-state index contributed by atoms with van der Waals surface area (Å²) in [5.74, 6) is -0.410. The molecule has 1 atom stereocenters. The third-order valence-corrected chi connectivity index (χ3v) is 4.12. The van der Waals surface area contributed by atoms with Crippen molar-refractivity contribution >= 4 is 17.4 Å². The summed E-state index contributed by atoms with van der Waals surface area (Å²) in [6.07, 6.45) is -6.72. The van der Waals surface area contributed by atoms with E-state index in [-0.39, 0.29) is 5.56 Å². The lowest BCUT2D eigenvalue weighted by Gasteiger charge is -2.37. The highest BCUT2D eigenvalue weighted by Crippen LogP contribution is 2.53. The smallest absolute Gasteiger partial charge is 0.323 e. The zero-order valence-electron chi connectivity index (χ0n) is 11.7. The Morgan fingerprint density at radius 2 is 1.54 bits per heavy atom. The van der Waals surface area contributed by atoms with Gasteiger partial charge in [-0.2, -0.15) is 26.3 Å². The molecule has 2 heterocycles. The van der Waals surface area contributed by atoms with E-state index < -0.39 is 29.8 Å². The standard InChI is InChI=1S/C15H9ClF6N2/c16-10-6-4-9(5-7-10)12-23-13(14(17,18)19,15(20,21)22)11-3-1-2-8-24(11)12/h1-8,11H. The topological polar surface area (TPSA) is 15.6 Å². The van der Waals surface area contributed by atoms with E-state index in [2.05, 4.69) is 4.99 Å². The Morgan fingerprint density at radius 3 is 2.08 bits per heavy atom. The second-order valence-corrected chi connectivity index (χ2v) is 5.72. The van der Waals surface area contributed by atoms with Gasteiger partial charge in [-0.1, -0.05) is 23.8 Å². The summed E-state index contributed by atoms with van der Waals surface area (Å²) in [6.45, 7) is 0. The summed E-state index contributed by atoms with van der Waals surface area (Å²) < 4.78 is 81.0. The minimum absolute atomic E-state index is 0.111. The Kier molecular flexibility index (Phi) is 3.71. The van der Waals surface area contributed by atoms with Crippen LogP contribution in [-0.4, -0.2) is 34.7 Å². The first-order valence-electron chi connectivity index (χ1n) is 6.70. The number of alkyl halides is 6. The van der Waals surface area contributed by atoms with Gasteiger partial charge in [-0.3, -0.25) is 0 Å². The van der Waals surface area contributed by atoms with Gasteiger partial charge in [-0.15, -0.1) is 0 Å². The highest BCUT2D eigenvalue weighted by molar-refractivity contribution is 6.30. The fourth-order valence-electron chi connectivity index (χ4n) is 2.77. The molecule has 24 heavy (non-hydrogen) atoms. The highest BCUT2D eigenvalue weighted by atomic mass is 35.5. The summed E-state index contributed by atoms with van der Waals surface area (Å²) in [6, 6.07) is 3.37. The Morgan fingerprint density at radius 1 is 0.958 bits per heavy atom. The molecule has 0 N–H and O–H groups in total. The number of rotatable bonds is 1. The van der Waals surface area contributed by atoms with Gasteiger partial charge in [0.15, 0.2) is 0 Å². The summed E-state index contributed by atoms with van der Waals surface area (Å²) in [5, 5.41) is 0.306. The molecule has 3 rings (SSSR count). The van der Waals surface area contributed by atoms with Crippen LogP contribution in [0.25, 0.3) is 0 Å². The van der Waals surface area contributed by atoms with Crippen LogP contribution in [0.3, 0.4) is 0 Å². The minimum atomic E-state index is -5.61. The monoisotopic (exact) mass is 366 g/mol. The van der Waals surface area contributed by atoms with Crippen LogP contribution in [0, 0.1) is 0 Å². The normalized spacial score (nSPS) is 22.5. The molecule has 0 saturated heterocycles. The molecule has 0 aliphatic carbocycles. The zero-order valence-corrected chi connectivity index (χ0v) is 12.5. The van der Waals surface area contributed by atoms with Crippen molar-refractivity contribution < 1.29 is 26.3 Å². The molecule has 1 unspecified atom stereocenters. The van der Waals surface area contributed by atoms with Crippen molar-refractivity contribution in [2.75, 3.05) is 0 Å². The molecule has 0 bridgehead atoms. The Balaban J connectivity index is 2.24. The molecule has 0 saturated carbocycles. The Labute approximate surface area is 137 Å². The van der Waals surface area contributed by atoms with Crippen LogP contribution in [0.1, 0.15) is 5.56 Å². The Bertz CT molecular complexity index is 716. The highest BCUT2D eigenvalue weighted by Gasteiger charge is 2.78. The second-order valence-electron chi connectivity index (χ2n) is 5.28. The maximum absolute atomic E-state index is 13.5. The lowest BCUT2D eigenvalue weighted by Crippen LogP contribution is -2.63. The molecule has 0 radical (unpaired) electrons. The number of amidine groups is 1. The number of nitrogens with zero attached hydrogens (tertiary/aromatic N) is 2. The number of fused-ring (bicyclic) bond motifs is 1. The van der Waals surface area contributed by atoms with Crippen molar-refractivity contribution in [2.24, 2.45) is 4.99 Å². The van der Waals surface area contributed by atoms with E-state index in [0.717, 1.165) is 23.3 Å². The molecule has 1 aromatic carbocycles. The molecular weight excluding hydrogens is 358 g/mol. The summed E-state index contributed by atoms with van der Waals surface area (Å²) >= 11 is 5.72. The SMILES string of the molecule is FC(F)(F)C1(C(F)(F)F)N=C(c2ccc(Cl)cc2)N2C=CC=CC21. The first-order chi connectivity index (χ1) is 11.1. The first kappa shape index (κ1) is 16.9. The molecule has 0 fully saturated rings. The molecule has 2 aliphatic rings. The van der Waals surface area contributed by atoms with Gasteiger partial charge in [0.1, 0.15) is 5.84 Å². The fourth-order valence-corrected chi connectivity index (χ4v) is 2.89. The zero-order chi connectivity index (χ0) is 17.8. The van der Waals surface area contributed by atoms with Crippen LogP contribution in [-0.2, 0) is 0 Å². The van der Waals surface area contributed by atoms with Crippen molar-refractivity contribution in [1.82, 2.24) is 4.90 Å². The largest absolute Gasteiger partial charge is 0.425 e. The molecule has 2 aliphatic heterocycles.